The molecule has 1 unspecified atom stereocenters. The number of aromatic nitrogens is 2. The Hall–Kier alpha value is -0.870. The van der Waals surface area contributed by atoms with Crippen LogP contribution in [0.1, 0.15) is 51.8 Å². The molecule has 0 spiro atoms. The normalized spacial score (nSPS) is 18.8. The van der Waals surface area contributed by atoms with Crippen molar-refractivity contribution < 1.29 is 4.74 Å². The molecule has 2 rings (SSSR count). The first kappa shape index (κ1) is 15.5. The Labute approximate surface area is 122 Å². The van der Waals surface area contributed by atoms with Crippen LogP contribution in [0.5, 0.6) is 0 Å². The van der Waals surface area contributed by atoms with Crippen molar-refractivity contribution >= 4 is 0 Å². The number of nitrogens with zero attached hydrogens (tertiary/aromatic N) is 2. The van der Waals surface area contributed by atoms with Gasteiger partial charge in [-0.3, -0.25) is 0 Å². The van der Waals surface area contributed by atoms with Crippen LogP contribution in [0.25, 0.3) is 0 Å². The maximum absolute atomic E-state index is 5.78. The molecule has 1 heterocycles. The van der Waals surface area contributed by atoms with Crippen LogP contribution in [-0.2, 0) is 17.7 Å². The van der Waals surface area contributed by atoms with E-state index in [9.17, 15) is 0 Å². The van der Waals surface area contributed by atoms with Crippen LogP contribution < -0.4 is 5.32 Å². The van der Waals surface area contributed by atoms with Crippen LogP contribution in [0, 0.1) is 0 Å². The summed E-state index contributed by atoms with van der Waals surface area (Å²) in [6, 6.07) is 0.457. The monoisotopic (exact) mass is 279 g/mol. The average molecular weight is 279 g/mol. The third-order valence-electron chi connectivity index (χ3n) is 4.50. The fraction of sp³-hybridized carbons (Fsp3) is 0.812. The molecular formula is C16H29N3O. The first-order valence-electron chi connectivity index (χ1n) is 8.01. The van der Waals surface area contributed by atoms with Gasteiger partial charge in [-0.05, 0) is 38.6 Å². The van der Waals surface area contributed by atoms with Crippen LogP contribution in [0.15, 0.2) is 12.4 Å². The minimum absolute atomic E-state index is 0.120. The molecule has 1 saturated carbocycles. The van der Waals surface area contributed by atoms with Crippen molar-refractivity contribution in [2.75, 3.05) is 13.7 Å². The van der Waals surface area contributed by atoms with Gasteiger partial charge in [0, 0.05) is 38.5 Å². The summed E-state index contributed by atoms with van der Waals surface area (Å²) in [6.45, 7) is 6.44. The van der Waals surface area contributed by atoms with Crippen LogP contribution >= 0.6 is 0 Å². The number of aryl methyl sites for hydroxylation is 1. The first-order chi connectivity index (χ1) is 9.73. The van der Waals surface area contributed by atoms with Gasteiger partial charge in [0.05, 0.1) is 5.60 Å². The molecule has 0 radical (unpaired) electrons. The first-order valence-corrected chi connectivity index (χ1v) is 8.01. The van der Waals surface area contributed by atoms with Gasteiger partial charge in [-0.2, -0.15) is 0 Å². The summed E-state index contributed by atoms with van der Waals surface area (Å²) in [4.78, 5) is 4.54. The Bertz CT molecular complexity index is 393. The number of hydrogen-bond donors (Lipinski definition) is 1. The molecule has 0 aliphatic heterocycles. The number of nitrogens with one attached hydrogen (secondary N) is 1. The minimum atomic E-state index is 0.120. The predicted molar refractivity (Wildman–Crippen MR) is 81.9 cm³/mol. The molecule has 0 aromatic carbocycles. The van der Waals surface area contributed by atoms with Gasteiger partial charge in [0.1, 0.15) is 5.82 Å². The third kappa shape index (κ3) is 3.61. The highest BCUT2D eigenvalue weighted by Crippen LogP contribution is 2.39. The van der Waals surface area contributed by atoms with E-state index in [1.165, 1.54) is 25.1 Å². The molecule has 0 bridgehead atoms. The predicted octanol–water partition coefficient (Wildman–Crippen LogP) is 2.77. The van der Waals surface area contributed by atoms with Gasteiger partial charge in [0.25, 0.3) is 0 Å². The summed E-state index contributed by atoms with van der Waals surface area (Å²) in [7, 11) is 1.86. The summed E-state index contributed by atoms with van der Waals surface area (Å²) < 4.78 is 8.06. The molecule has 4 nitrogen and oxygen atoms in total. The van der Waals surface area contributed by atoms with Crippen LogP contribution in [0.4, 0.5) is 0 Å². The highest BCUT2D eigenvalue weighted by Gasteiger charge is 2.39. The fourth-order valence-corrected chi connectivity index (χ4v) is 3.21. The molecule has 1 aliphatic carbocycles. The lowest BCUT2D eigenvalue weighted by atomic mass is 9.75. The summed E-state index contributed by atoms with van der Waals surface area (Å²) in [6.07, 6.45) is 11.0. The van der Waals surface area contributed by atoms with Gasteiger partial charge in [-0.25, -0.2) is 4.98 Å². The zero-order chi connectivity index (χ0) is 14.4. The van der Waals surface area contributed by atoms with E-state index in [0.29, 0.717) is 6.04 Å². The molecule has 114 valence electrons. The van der Waals surface area contributed by atoms with Crippen LogP contribution in [0.3, 0.4) is 0 Å². The molecule has 1 N–H and O–H groups in total. The van der Waals surface area contributed by atoms with Crippen LogP contribution in [-0.4, -0.2) is 34.8 Å². The van der Waals surface area contributed by atoms with E-state index in [-0.39, 0.29) is 5.60 Å². The Kier molecular flexibility index (Phi) is 5.61. The molecule has 1 fully saturated rings. The van der Waals surface area contributed by atoms with E-state index >= 15 is 0 Å². The Morgan fingerprint density at radius 3 is 2.80 bits per heavy atom. The van der Waals surface area contributed by atoms with Gasteiger partial charge >= 0.3 is 0 Å². The van der Waals surface area contributed by atoms with E-state index in [1.54, 1.807) is 0 Å². The van der Waals surface area contributed by atoms with Crippen molar-refractivity contribution in [3.63, 3.8) is 0 Å². The molecule has 20 heavy (non-hydrogen) atoms. The number of ether oxygens (including phenoxy) is 1. The van der Waals surface area contributed by atoms with Gasteiger partial charge < -0.3 is 14.6 Å². The summed E-state index contributed by atoms with van der Waals surface area (Å²) >= 11 is 0. The lowest BCUT2D eigenvalue weighted by molar-refractivity contribution is -0.0834. The number of hydrogen-bond acceptors (Lipinski definition) is 3. The van der Waals surface area contributed by atoms with E-state index in [0.717, 1.165) is 32.4 Å². The summed E-state index contributed by atoms with van der Waals surface area (Å²) in [5.41, 5.74) is 0.120. The van der Waals surface area contributed by atoms with E-state index in [4.69, 9.17) is 4.74 Å². The second kappa shape index (κ2) is 7.23. The zero-order valence-corrected chi connectivity index (χ0v) is 13.2. The second-order valence-corrected chi connectivity index (χ2v) is 5.94. The van der Waals surface area contributed by atoms with Gasteiger partial charge in [0.2, 0.25) is 0 Å². The van der Waals surface area contributed by atoms with Gasteiger partial charge in [-0.15, -0.1) is 0 Å². The molecule has 4 heteroatoms. The zero-order valence-electron chi connectivity index (χ0n) is 13.2. The molecule has 0 saturated heterocycles. The third-order valence-corrected chi connectivity index (χ3v) is 4.50. The molecule has 1 aromatic rings. The van der Waals surface area contributed by atoms with Gasteiger partial charge in [-0.1, -0.05) is 13.8 Å². The smallest absolute Gasteiger partial charge is 0.110 e. The average Bonchev–Trinajstić information content (AvgIpc) is 2.82. The van der Waals surface area contributed by atoms with Crippen molar-refractivity contribution in [2.24, 2.45) is 0 Å². The molecule has 1 aromatic heterocycles. The highest BCUT2D eigenvalue weighted by molar-refractivity contribution is 5.00. The lowest BCUT2D eigenvalue weighted by Crippen LogP contribution is -2.46. The lowest BCUT2D eigenvalue weighted by Gasteiger charge is -2.43. The van der Waals surface area contributed by atoms with Crippen molar-refractivity contribution in [1.29, 1.82) is 0 Å². The van der Waals surface area contributed by atoms with Crippen molar-refractivity contribution in [2.45, 2.75) is 70.6 Å². The second-order valence-electron chi connectivity index (χ2n) is 5.94. The quantitative estimate of drug-likeness (QED) is 0.755. The fourth-order valence-electron chi connectivity index (χ4n) is 3.21. The SMILES string of the molecule is CCCn1ccnc1CC(CC1(OC)CCC1)NCC. The molecule has 1 atom stereocenters. The molecule has 0 amide bonds. The Balaban J connectivity index is 1.99. The topological polar surface area (TPSA) is 39.1 Å². The summed E-state index contributed by atoms with van der Waals surface area (Å²) in [5.74, 6) is 1.20. The number of likely N-dealkylation sites (N-methyl/N-ethyl adjacent to an activating group) is 1. The maximum Gasteiger partial charge on any atom is 0.110 e. The van der Waals surface area contributed by atoms with Crippen LogP contribution in [0.2, 0.25) is 0 Å². The number of methoxy groups -OCH3 is 1. The minimum Gasteiger partial charge on any atom is -0.378 e. The van der Waals surface area contributed by atoms with Crippen molar-refractivity contribution in [1.82, 2.24) is 14.9 Å². The Morgan fingerprint density at radius 2 is 2.25 bits per heavy atom. The number of rotatable bonds is 9. The standard InChI is InChI=1S/C16H29N3O/c1-4-10-19-11-9-18-15(19)12-14(17-5-2)13-16(20-3)7-6-8-16/h9,11,14,17H,4-8,10,12-13H2,1-3H3. The largest absolute Gasteiger partial charge is 0.378 e. The van der Waals surface area contributed by atoms with Crippen molar-refractivity contribution in [3.05, 3.63) is 18.2 Å². The van der Waals surface area contributed by atoms with E-state index < -0.39 is 0 Å². The van der Waals surface area contributed by atoms with Crippen molar-refractivity contribution in [3.8, 4) is 0 Å². The molecular weight excluding hydrogens is 250 g/mol. The highest BCUT2D eigenvalue weighted by atomic mass is 16.5. The van der Waals surface area contributed by atoms with E-state index in [2.05, 4.69) is 34.9 Å². The summed E-state index contributed by atoms with van der Waals surface area (Å²) in [5, 5.41) is 3.62. The van der Waals surface area contributed by atoms with E-state index in [1.807, 2.05) is 13.3 Å². The number of imidazole rings is 1. The Morgan fingerprint density at radius 1 is 1.45 bits per heavy atom. The molecule has 1 aliphatic rings. The maximum atomic E-state index is 5.78. The van der Waals surface area contributed by atoms with Gasteiger partial charge in [0.15, 0.2) is 0 Å².